The van der Waals surface area contributed by atoms with Crippen molar-refractivity contribution in [3.63, 3.8) is 0 Å². The minimum Gasteiger partial charge on any atom is -0.353 e. The molecule has 3 aromatic rings. The second-order valence-electron chi connectivity index (χ2n) is 7.10. The molecule has 0 bridgehead atoms. The number of hydrogen-bond donors (Lipinski definition) is 1. The maximum Gasteiger partial charge on any atom is 0.253 e. The third-order valence-corrected chi connectivity index (χ3v) is 4.98. The van der Waals surface area contributed by atoms with E-state index in [4.69, 9.17) is 0 Å². The molecule has 1 saturated heterocycles. The number of nitrogens with one attached hydrogen (secondary N) is 1. The average Bonchev–Trinajstić information content (AvgIpc) is 2.78. The zero-order chi connectivity index (χ0) is 20.1. The van der Waals surface area contributed by atoms with Crippen molar-refractivity contribution in [2.24, 2.45) is 0 Å². The molecule has 1 aliphatic heterocycles. The molecule has 0 aliphatic carbocycles. The summed E-state index contributed by atoms with van der Waals surface area (Å²) in [4.78, 5) is 29.9. The molecule has 0 radical (unpaired) electrons. The highest BCUT2D eigenvalue weighted by molar-refractivity contribution is 5.94. The van der Waals surface area contributed by atoms with Crippen LogP contribution in [0.3, 0.4) is 0 Å². The average molecular weight is 388 g/mol. The van der Waals surface area contributed by atoms with E-state index in [0.29, 0.717) is 12.1 Å². The van der Waals surface area contributed by atoms with E-state index >= 15 is 0 Å². The largest absolute Gasteiger partial charge is 0.353 e. The first-order valence-electron chi connectivity index (χ1n) is 9.76. The highest BCUT2D eigenvalue weighted by Gasteiger charge is 2.20. The van der Waals surface area contributed by atoms with Crippen molar-refractivity contribution in [1.29, 1.82) is 0 Å². The Morgan fingerprint density at radius 2 is 1.72 bits per heavy atom. The lowest BCUT2D eigenvalue weighted by Gasteiger charge is -2.35. The van der Waals surface area contributed by atoms with Crippen molar-refractivity contribution in [2.75, 3.05) is 36.0 Å². The molecule has 148 valence electrons. The number of aromatic nitrogens is 3. The standard InChI is InChI=1S/C22H24N6O/c1-17-4-2-5-18(14-17)15-26-21(29)19-6-7-20(25-16-19)27-10-12-28(13-11-27)22-23-8-3-9-24-22/h2-9,14,16H,10-13,15H2,1H3,(H,26,29). The summed E-state index contributed by atoms with van der Waals surface area (Å²) in [5.41, 5.74) is 2.84. The van der Waals surface area contributed by atoms with E-state index in [1.54, 1.807) is 18.6 Å². The van der Waals surface area contributed by atoms with Crippen LogP contribution in [0.25, 0.3) is 0 Å². The number of hydrogen-bond acceptors (Lipinski definition) is 6. The number of amides is 1. The molecule has 1 N–H and O–H groups in total. The van der Waals surface area contributed by atoms with Gasteiger partial charge in [-0.1, -0.05) is 29.8 Å². The Labute approximate surface area is 170 Å². The second-order valence-corrected chi connectivity index (χ2v) is 7.10. The number of rotatable bonds is 5. The third kappa shape index (κ3) is 4.68. The quantitative estimate of drug-likeness (QED) is 0.724. The predicted octanol–water partition coefficient (Wildman–Crippen LogP) is 2.44. The maximum absolute atomic E-state index is 12.4. The molecule has 0 unspecified atom stereocenters. The van der Waals surface area contributed by atoms with Crippen LogP contribution in [0.2, 0.25) is 0 Å². The Balaban J connectivity index is 1.31. The van der Waals surface area contributed by atoms with Gasteiger partial charge in [0, 0.05) is 51.3 Å². The van der Waals surface area contributed by atoms with Gasteiger partial charge in [0.25, 0.3) is 5.91 Å². The number of benzene rings is 1. The summed E-state index contributed by atoms with van der Waals surface area (Å²) in [6.45, 7) is 5.90. The summed E-state index contributed by atoms with van der Waals surface area (Å²) in [6, 6.07) is 13.7. The molecule has 0 saturated carbocycles. The lowest BCUT2D eigenvalue weighted by atomic mass is 10.1. The minimum atomic E-state index is -0.114. The van der Waals surface area contributed by atoms with Crippen molar-refractivity contribution in [1.82, 2.24) is 20.3 Å². The highest BCUT2D eigenvalue weighted by atomic mass is 16.1. The van der Waals surface area contributed by atoms with Crippen LogP contribution in [0.5, 0.6) is 0 Å². The van der Waals surface area contributed by atoms with E-state index < -0.39 is 0 Å². The number of aryl methyl sites for hydroxylation is 1. The van der Waals surface area contributed by atoms with Gasteiger partial charge in [0.2, 0.25) is 5.95 Å². The molecule has 0 atom stereocenters. The van der Waals surface area contributed by atoms with Crippen molar-refractivity contribution < 1.29 is 4.79 Å². The monoisotopic (exact) mass is 388 g/mol. The molecule has 1 fully saturated rings. The first kappa shape index (κ1) is 18.9. The molecule has 1 aromatic carbocycles. The molecule has 3 heterocycles. The van der Waals surface area contributed by atoms with Gasteiger partial charge in [-0.2, -0.15) is 0 Å². The van der Waals surface area contributed by atoms with Crippen LogP contribution in [0.4, 0.5) is 11.8 Å². The summed E-state index contributed by atoms with van der Waals surface area (Å²) >= 11 is 0. The summed E-state index contributed by atoms with van der Waals surface area (Å²) in [5, 5.41) is 2.95. The molecule has 2 aromatic heterocycles. The van der Waals surface area contributed by atoms with Gasteiger partial charge >= 0.3 is 0 Å². The summed E-state index contributed by atoms with van der Waals surface area (Å²) in [7, 11) is 0. The predicted molar refractivity (Wildman–Crippen MR) is 113 cm³/mol. The lowest BCUT2D eigenvalue weighted by Crippen LogP contribution is -2.47. The van der Waals surface area contributed by atoms with Gasteiger partial charge in [-0.3, -0.25) is 4.79 Å². The van der Waals surface area contributed by atoms with Gasteiger partial charge in [-0.25, -0.2) is 15.0 Å². The van der Waals surface area contributed by atoms with E-state index in [2.05, 4.69) is 36.1 Å². The van der Waals surface area contributed by atoms with Crippen LogP contribution in [-0.2, 0) is 6.54 Å². The maximum atomic E-state index is 12.4. The fourth-order valence-electron chi connectivity index (χ4n) is 3.40. The summed E-state index contributed by atoms with van der Waals surface area (Å²) < 4.78 is 0. The number of carbonyl (C=O) groups excluding carboxylic acids is 1. The van der Waals surface area contributed by atoms with Crippen LogP contribution in [0.1, 0.15) is 21.5 Å². The topological polar surface area (TPSA) is 74.2 Å². The summed E-state index contributed by atoms with van der Waals surface area (Å²) in [5.74, 6) is 1.53. The molecule has 7 nitrogen and oxygen atoms in total. The SMILES string of the molecule is Cc1cccc(CNC(=O)c2ccc(N3CCN(c4ncccn4)CC3)nc2)c1. The number of anilines is 2. The van der Waals surface area contributed by atoms with Gasteiger partial charge in [0.1, 0.15) is 5.82 Å². The number of piperazine rings is 1. The molecule has 7 heteroatoms. The molecular formula is C22H24N6O. The Morgan fingerprint density at radius 1 is 0.966 bits per heavy atom. The number of nitrogens with zero attached hydrogens (tertiary/aromatic N) is 5. The van der Waals surface area contributed by atoms with E-state index in [1.165, 1.54) is 5.56 Å². The van der Waals surface area contributed by atoms with Crippen molar-refractivity contribution in [2.45, 2.75) is 13.5 Å². The Bertz CT molecular complexity index is 953. The number of carbonyl (C=O) groups is 1. The van der Waals surface area contributed by atoms with Crippen molar-refractivity contribution in [3.05, 3.63) is 77.7 Å². The minimum absolute atomic E-state index is 0.114. The molecule has 4 rings (SSSR count). The van der Waals surface area contributed by atoms with Gasteiger partial charge < -0.3 is 15.1 Å². The van der Waals surface area contributed by atoms with Crippen molar-refractivity contribution >= 4 is 17.7 Å². The smallest absolute Gasteiger partial charge is 0.253 e. The first-order valence-corrected chi connectivity index (χ1v) is 9.76. The van der Waals surface area contributed by atoms with Crippen LogP contribution in [0.15, 0.2) is 61.1 Å². The van der Waals surface area contributed by atoms with Crippen LogP contribution < -0.4 is 15.1 Å². The Hall–Kier alpha value is -3.48. The van der Waals surface area contributed by atoms with Gasteiger partial charge in [-0.05, 0) is 30.7 Å². The van der Waals surface area contributed by atoms with Gasteiger partial charge in [-0.15, -0.1) is 0 Å². The zero-order valence-electron chi connectivity index (χ0n) is 16.5. The van der Waals surface area contributed by atoms with E-state index in [9.17, 15) is 4.79 Å². The fraction of sp³-hybridized carbons (Fsp3) is 0.273. The van der Waals surface area contributed by atoms with E-state index in [1.807, 2.05) is 43.3 Å². The molecule has 1 amide bonds. The first-order chi connectivity index (χ1) is 14.2. The third-order valence-electron chi connectivity index (χ3n) is 4.98. The zero-order valence-corrected chi connectivity index (χ0v) is 16.5. The summed E-state index contributed by atoms with van der Waals surface area (Å²) in [6.07, 6.45) is 5.17. The van der Waals surface area contributed by atoms with Crippen LogP contribution >= 0.6 is 0 Å². The molecule has 29 heavy (non-hydrogen) atoms. The second kappa shape index (κ2) is 8.68. The van der Waals surface area contributed by atoms with Gasteiger partial charge in [0.15, 0.2) is 0 Å². The molecule has 0 spiro atoms. The normalized spacial score (nSPS) is 14.0. The lowest BCUT2D eigenvalue weighted by molar-refractivity contribution is 0.0950. The van der Waals surface area contributed by atoms with Crippen LogP contribution in [-0.4, -0.2) is 47.0 Å². The Kier molecular flexibility index (Phi) is 5.65. The van der Waals surface area contributed by atoms with E-state index in [-0.39, 0.29) is 5.91 Å². The fourth-order valence-corrected chi connectivity index (χ4v) is 3.40. The van der Waals surface area contributed by atoms with Crippen LogP contribution in [0, 0.1) is 6.92 Å². The Morgan fingerprint density at radius 3 is 2.41 bits per heavy atom. The van der Waals surface area contributed by atoms with Gasteiger partial charge in [0.05, 0.1) is 5.56 Å². The number of pyridine rings is 1. The van der Waals surface area contributed by atoms with Crippen molar-refractivity contribution in [3.8, 4) is 0 Å². The molecular weight excluding hydrogens is 364 g/mol. The highest BCUT2D eigenvalue weighted by Crippen LogP contribution is 2.16. The van der Waals surface area contributed by atoms with E-state index in [0.717, 1.165) is 43.5 Å². The molecule has 1 aliphatic rings.